The quantitative estimate of drug-likeness (QED) is 0.602. The summed E-state index contributed by atoms with van der Waals surface area (Å²) in [7, 11) is 0. The molecule has 120 valence electrons. The van der Waals surface area contributed by atoms with Gasteiger partial charge in [0.25, 0.3) is 0 Å². The lowest BCUT2D eigenvalue weighted by Crippen LogP contribution is -2.03. The first-order valence-corrected chi connectivity index (χ1v) is 7.64. The third-order valence-corrected chi connectivity index (χ3v) is 3.98. The number of aromatic nitrogens is 3. The van der Waals surface area contributed by atoms with E-state index in [4.69, 9.17) is 10.2 Å². The summed E-state index contributed by atoms with van der Waals surface area (Å²) in [5, 5.41) is 10.2. The van der Waals surface area contributed by atoms with E-state index in [1.807, 2.05) is 49.4 Å². The van der Waals surface area contributed by atoms with Crippen LogP contribution in [0.1, 0.15) is 11.3 Å². The molecule has 3 heterocycles. The van der Waals surface area contributed by atoms with Crippen molar-refractivity contribution in [1.29, 1.82) is 5.26 Å². The van der Waals surface area contributed by atoms with E-state index in [1.165, 1.54) is 0 Å². The van der Waals surface area contributed by atoms with E-state index in [2.05, 4.69) is 15.0 Å². The molecule has 6 nitrogen and oxygen atoms in total. The smallest absolute Gasteiger partial charge is 0.183 e. The summed E-state index contributed by atoms with van der Waals surface area (Å²) in [6.07, 6.45) is 3.34. The molecule has 6 heteroatoms. The molecule has 1 aromatic carbocycles. The zero-order chi connectivity index (χ0) is 17.4. The number of fused-ring (bicyclic) bond motifs is 1. The summed E-state index contributed by atoms with van der Waals surface area (Å²) in [5.74, 6) is 0.671. The maximum Gasteiger partial charge on any atom is 0.183 e. The summed E-state index contributed by atoms with van der Waals surface area (Å²) >= 11 is 0. The van der Waals surface area contributed by atoms with Crippen molar-refractivity contribution in [2.24, 2.45) is 0 Å². The third kappa shape index (κ3) is 2.48. The van der Waals surface area contributed by atoms with Gasteiger partial charge in [-0.1, -0.05) is 12.1 Å². The van der Waals surface area contributed by atoms with Gasteiger partial charge in [0.05, 0.1) is 11.8 Å². The molecule has 0 unspecified atom stereocenters. The number of anilines is 1. The van der Waals surface area contributed by atoms with E-state index >= 15 is 0 Å². The number of aryl methyl sites for hydroxylation is 1. The van der Waals surface area contributed by atoms with Gasteiger partial charge in [-0.2, -0.15) is 5.26 Å². The van der Waals surface area contributed by atoms with Crippen LogP contribution < -0.4 is 5.73 Å². The zero-order valence-electron chi connectivity index (χ0n) is 13.4. The van der Waals surface area contributed by atoms with Crippen molar-refractivity contribution in [2.45, 2.75) is 6.92 Å². The number of nitrogen functional groups attached to an aromatic ring is 1. The molecule has 0 aliphatic heterocycles. The summed E-state index contributed by atoms with van der Waals surface area (Å²) in [4.78, 5) is 13.1. The number of nitrogens with two attached hydrogens (primary N) is 1. The predicted molar refractivity (Wildman–Crippen MR) is 94.3 cm³/mol. The number of hydrogen-bond donors (Lipinski definition) is 1. The largest absolute Gasteiger partial charge is 0.462 e. The molecular weight excluding hydrogens is 314 g/mol. The lowest BCUT2D eigenvalue weighted by atomic mass is 10.0. The maximum atomic E-state index is 9.27. The van der Waals surface area contributed by atoms with Crippen LogP contribution in [-0.4, -0.2) is 15.0 Å². The number of nitrogens with zero attached hydrogens (tertiary/aromatic N) is 4. The molecule has 0 saturated carbocycles. The van der Waals surface area contributed by atoms with Crippen LogP contribution in [0.25, 0.3) is 33.6 Å². The van der Waals surface area contributed by atoms with Gasteiger partial charge in [-0.05, 0) is 36.8 Å². The van der Waals surface area contributed by atoms with Gasteiger partial charge in [0.2, 0.25) is 0 Å². The van der Waals surface area contributed by atoms with Crippen molar-refractivity contribution in [3.8, 4) is 28.8 Å². The Kier molecular flexibility index (Phi) is 3.40. The molecule has 0 amide bonds. The van der Waals surface area contributed by atoms with Gasteiger partial charge in [0.15, 0.2) is 17.3 Å². The molecule has 0 radical (unpaired) electrons. The molecule has 3 aromatic heterocycles. The van der Waals surface area contributed by atoms with Crippen molar-refractivity contribution < 1.29 is 4.42 Å². The highest BCUT2D eigenvalue weighted by Crippen LogP contribution is 2.34. The van der Waals surface area contributed by atoms with Crippen molar-refractivity contribution in [1.82, 2.24) is 15.0 Å². The van der Waals surface area contributed by atoms with Crippen LogP contribution in [0.15, 0.2) is 53.3 Å². The van der Waals surface area contributed by atoms with Crippen LogP contribution >= 0.6 is 0 Å². The summed E-state index contributed by atoms with van der Waals surface area (Å²) < 4.78 is 5.58. The van der Waals surface area contributed by atoms with Crippen molar-refractivity contribution >= 4 is 16.7 Å². The summed E-state index contributed by atoms with van der Waals surface area (Å²) in [6.45, 7) is 1.92. The van der Waals surface area contributed by atoms with Gasteiger partial charge >= 0.3 is 0 Å². The minimum Gasteiger partial charge on any atom is -0.462 e. The van der Waals surface area contributed by atoms with E-state index in [9.17, 15) is 5.26 Å². The fraction of sp³-hybridized carbons (Fsp3) is 0.0526. The molecule has 0 aliphatic carbocycles. The van der Waals surface area contributed by atoms with Crippen LogP contribution in [0.2, 0.25) is 0 Å². The molecule has 0 spiro atoms. The Labute approximate surface area is 143 Å². The second kappa shape index (κ2) is 5.73. The Morgan fingerprint density at radius 3 is 2.76 bits per heavy atom. The SMILES string of the molecule is Cc1ccoc1-c1nc(N)c(C#N)nc1-c1ccc2ncccc2c1. The Morgan fingerprint density at radius 2 is 2.00 bits per heavy atom. The van der Waals surface area contributed by atoms with Gasteiger partial charge in [-0.15, -0.1) is 0 Å². The first-order valence-electron chi connectivity index (χ1n) is 7.64. The third-order valence-electron chi connectivity index (χ3n) is 3.98. The lowest BCUT2D eigenvalue weighted by molar-refractivity contribution is 0.578. The first-order chi connectivity index (χ1) is 12.2. The van der Waals surface area contributed by atoms with E-state index in [1.54, 1.807) is 12.5 Å². The molecule has 0 fully saturated rings. The molecule has 0 aliphatic rings. The zero-order valence-corrected chi connectivity index (χ0v) is 13.4. The highest BCUT2D eigenvalue weighted by Gasteiger charge is 2.19. The Morgan fingerprint density at radius 1 is 1.12 bits per heavy atom. The van der Waals surface area contributed by atoms with Gasteiger partial charge in [0, 0.05) is 17.1 Å². The Bertz CT molecular complexity index is 1140. The number of benzene rings is 1. The minimum absolute atomic E-state index is 0.0829. The monoisotopic (exact) mass is 327 g/mol. The number of hydrogen-bond acceptors (Lipinski definition) is 6. The van der Waals surface area contributed by atoms with Crippen LogP contribution in [0.5, 0.6) is 0 Å². The molecule has 2 N–H and O–H groups in total. The van der Waals surface area contributed by atoms with Gasteiger partial charge in [-0.3, -0.25) is 4.98 Å². The molecule has 25 heavy (non-hydrogen) atoms. The summed E-state index contributed by atoms with van der Waals surface area (Å²) in [5.41, 5.74) is 9.65. The van der Waals surface area contributed by atoms with E-state index in [0.29, 0.717) is 17.1 Å². The van der Waals surface area contributed by atoms with Gasteiger partial charge in [0.1, 0.15) is 17.5 Å². The average molecular weight is 327 g/mol. The van der Waals surface area contributed by atoms with Gasteiger partial charge < -0.3 is 10.2 Å². The predicted octanol–water partition coefficient (Wildman–Crippen LogP) is 3.71. The lowest BCUT2D eigenvalue weighted by Gasteiger charge is -2.10. The normalized spacial score (nSPS) is 10.7. The van der Waals surface area contributed by atoms with Crippen molar-refractivity contribution in [2.75, 3.05) is 5.73 Å². The molecule has 4 aromatic rings. The Hall–Kier alpha value is -3.72. The van der Waals surface area contributed by atoms with Crippen LogP contribution in [-0.2, 0) is 0 Å². The van der Waals surface area contributed by atoms with Gasteiger partial charge in [-0.25, -0.2) is 9.97 Å². The van der Waals surface area contributed by atoms with Crippen molar-refractivity contribution in [3.63, 3.8) is 0 Å². The second-order valence-corrected chi connectivity index (χ2v) is 5.61. The fourth-order valence-corrected chi connectivity index (χ4v) is 2.73. The second-order valence-electron chi connectivity index (χ2n) is 5.61. The fourth-order valence-electron chi connectivity index (χ4n) is 2.73. The topological polar surface area (TPSA) is 102 Å². The molecule has 0 atom stereocenters. The van der Waals surface area contributed by atoms with Crippen LogP contribution in [0, 0.1) is 18.3 Å². The number of nitriles is 1. The van der Waals surface area contributed by atoms with Crippen LogP contribution in [0.4, 0.5) is 5.82 Å². The number of rotatable bonds is 2. The molecule has 4 rings (SSSR count). The number of furan rings is 1. The Balaban J connectivity index is 2.01. The molecular formula is C19H13N5O. The highest BCUT2D eigenvalue weighted by molar-refractivity contribution is 5.87. The standard InChI is InChI=1S/C19H13N5O/c1-11-6-8-25-18(11)17-16(23-15(10-20)19(21)24-17)13-4-5-14-12(9-13)3-2-7-22-14/h2-9H,1H3,(H2,21,24). The van der Waals surface area contributed by atoms with Crippen molar-refractivity contribution in [3.05, 3.63) is 60.1 Å². The van der Waals surface area contributed by atoms with Crippen LogP contribution in [0.3, 0.4) is 0 Å². The summed E-state index contributed by atoms with van der Waals surface area (Å²) in [6, 6.07) is 13.5. The number of pyridine rings is 1. The molecule has 0 bridgehead atoms. The highest BCUT2D eigenvalue weighted by atomic mass is 16.3. The van der Waals surface area contributed by atoms with E-state index < -0.39 is 0 Å². The maximum absolute atomic E-state index is 9.27. The minimum atomic E-state index is 0.0829. The van der Waals surface area contributed by atoms with E-state index in [-0.39, 0.29) is 11.5 Å². The molecule has 0 saturated heterocycles. The first kappa shape index (κ1) is 14.8. The van der Waals surface area contributed by atoms with E-state index in [0.717, 1.165) is 22.0 Å². The average Bonchev–Trinajstić information content (AvgIpc) is 3.07.